The van der Waals surface area contributed by atoms with E-state index in [1.165, 1.54) is 40.1 Å². The molecule has 0 fully saturated rings. The van der Waals surface area contributed by atoms with Gasteiger partial charge in [-0.15, -0.1) is 10.2 Å². The lowest BCUT2D eigenvalue weighted by Crippen LogP contribution is -2.01. The van der Waals surface area contributed by atoms with Crippen molar-refractivity contribution < 1.29 is 23.7 Å². The van der Waals surface area contributed by atoms with Gasteiger partial charge in [0.15, 0.2) is 23.1 Å². The Bertz CT molecular complexity index is 1540. The van der Waals surface area contributed by atoms with Crippen molar-refractivity contribution in [3.63, 3.8) is 0 Å². The quantitative estimate of drug-likeness (QED) is 0.342. The number of aromatic hydroxyl groups is 3. The van der Waals surface area contributed by atoms with Crippen molar-refractivity contribution in [1.29, 1.82) is 0 Å². The summed E-state index contributed by atoms with van der Waals surface area (Å²) >= 11 is 1.17. The first-order chi connectivity index (χ1) is 15.3. The Hall–Kier alpha value is -3.96. The van der Waals surface area contributed by atoms with E-state index in [0.717, 1.165) is 0 Å². The molecule has 11 heteroatoms. The van der Waals surface area contributed by atoms with Gasteiger partial charge in [-0.1, -0.05) is 29.5 Å². The molecule has 0 saturated carbocycles. The maximum absolute atomic E-state index is 12.8. The second kappa shape index (κ2) is 7.32. The molecule has 160 valence electrons. The van der Waals surface area contributed by atoms with Crippen molar-refractivity contribution in [3.05, 3.63) is 66.7 Å². The molecule has 0 radical (unpaired) electrons. The Balaban J connectivity index is 1.52. The average Bonchev–Trinajstić information content (AvgIpc) is 3.39. The second-order valence-corrected chi connectivity index (χ2v) is 9.73. The molecule has 0 spiro atoms. The van der Waals surface area contributed by atoms with Crippen LogP contribution >= 0.6 is 11.3 Å². The van der Waals surface area contributed by atoms with Crippen molar-refractivity contribution in [2.75, 3.05) is 0 Å². The van der Waals surface area contributed by atoms with Crippen LogP contribution in [-0.2, 0) is 9.84 Å². The summed E-state index contributed by atoms with van der Waals surface area (Å²) in [6.07, 6.45) is 0. The predicted molar refractivity (Wildman–Crippen MR) is 116 cm³/mol. The SMILES string of the molecule is O=S(=O)(c1ccccc1)c1ccc(-c2nnc3sc(-c4cc(O)c(O)c(O)c4)nn23)cc1. The number of fused-ring (bicyclic) bond motifs is 1. The van der Waals surface area contributed by atoms with E-state index < -0.39 is 27.1 Å². The average molecular weight is 467 g/mol. The Morgan fingerprint density at radius 3 is 2.06 bits per heavy atom. The summed E-state index contributed by atoms with van der Waals surface area (Å²) in [7, 11) is -3.63. The summed E-state index contributed by atoms with van der Waals surface area (Å²) in [6, 6.07) is 17.0. The number of nitrogens with zero attached hydrogens (tertiary/aromatic N) is 4. The fourth-order valence-electron chi connectivity index (χ4n) is 3.16. The van der Waals surface area contributed by atoms with Gasteiger partial charge in [0.1, 0.15) is 5.01 Å². The van der Waals surface area contributed by atoms with Crippen LogP contribution in [0.15, 0.2) is 76.5 Å². The number of benzene rings is 3. The highest BCUT2D eigenvalue weighted by Crippen LogP contribution is 2.40. The van der Waals surface area contributed by atoms with Crippen molar-refractivity contribution in [2.45, 2.75) is 9.79 Å². The molecular weight excluding hydrogens is 452 g/mol. The Labute approximate surface area is 185 Å². The standard InChI is InChI=1S/C21H14N4O5S2/c26-16-10-13(11-17(27)18(16)28)20-24-25-19(22-23-21(25)31-20)12-6-8-15(9-7-12)32(29,30)14-4-2-1-3-5-14/h1-11,26-28H. The monoisotopic (exact) mass is 466 g/mol. The Morgan fingerprint density at radius 2 is 1.41 bits per heavy atom. The van der Waals surface area contributed by atoms with E-state index in [-0.39, 0.29) is 9.79 Å². The number of phenols is 3. The van der Waals surface area contributed by atoms with E-state index in [9.17, 15) is 23.7 Å². The maximum atomic E-state index is 12.8. The van der Waals surface area contributed by atoms with Gasteiger partial charge in [-0.3, -0.25) is 0 Å². The van der Waals surface area contributed by atoms with Crippen LogP contribution in [0.3, 0.4) is 0 Å². The van der Waals surface area contributed by atoms with Gasteiger partial charge in [-0.2, -0.15) is 9.61 Å². The molecule has 0 aliphatic heterocycles. The zero-order valence-electron chi connectivity index (χ0n) is 16.1. The highest BCUT2D eigenvalue weighted by Gasteiger charge is 2.20. The largest absolute Gasteiger partial charge is 0.504 e. The zero-order valence-corrected chi connectivity index (χ0v) is 17.7. The van der Waals surface area contributed by atoms with Gasteiger partial charge in [0.05, 0.1) is 9.79 Å². The molecule has 32 heavy (non-hydrogen) atoms. The van der Waals surface area contributed by atoms with Crippen LogP contribution in [0.2, 0.25) is 0 Å². The maximum Gasteiger partial charge on any atom is 0.235 e. The van der Waals surface area contributed by atoms with Crippen LogP contribution in [0.4, 0.5) is 0 Å². The summed E-state index contributed by atoms with van der Waals surface area (Å²) in [5.74, 6) is -1.15. The summed E-state index contributed by atoms with van der Waals surface area (Å²) in [4.78, 5) is 0.826. The van der Waals surface area contributed by atoms with E-state index in [1.54, 1.807) is 42.5 Å². The van der Waals surface area contributed by atoms with Crippen LogP contribution < -0.4 is 0 Å². The molecule has 5 rings (SSSR count). The Morgan fingerprint density at radius 1 is 0.781 bits per heavy atom. The minimum absolute atomic E-state index is 0.155. The minimum atomic E-state index is -3.63. The predicted octanol–water partition coefficient (Wildman–Crippen LogP) is 3.47. The molecule has 0 aliphatic rings. The summed E-state index contributed by atoms with van der Waals surface area (Å²) < 4.78 is 27.0. The smallest absolute Gasteiger partial charge is 0.235 e. The molecule has 3 aromatic carbocycles. The van der Waals surface area contributed by atoms with Crippen LogP contribution in [-0.4, -0.2) is 43.5 Å². The van der Waals surface area contributed by atoms with Crippen molar-refractivity contribution in [2.24, 2.45) is 0 Å². The molecular formula is C21H14N4O5S2. The number of aromatic nitrogens is 4. The third-order valence-corrected chi connectivity index (χ3v) is 7.52. The van der Waals surface area contributed by atoms with Crippen molar-refractivity contribution in [1.82, 2.24) is 19.8 Å². The second-order valence-electron chi connectivity index (χ2n) is 6.83. The molecule has 2 heterocycles. The fraction of sp³-hybridized carbons (Fsp3) is 0. The Kier molecular flexibility index (Phi) is 4.57. The van der Waals surface area contributed by atoms with Crippen molar-refractivity contribution >= 4 is 26.1 Å². The first kappa shape index (κ1) is 20.0. The molecule has 5 aromatic rings. The van der Waals surface area contributed by atoms with Gasteiger partial charge >= 0.3 is 0 Å². The molecule has 2 aromatic heterocycles. The third kappa shape index (κ3) is 3.24. The lowest BCUT2D eigenvalue weighted by atomic mass is 10.2. The summed E-state index contributed by atoms with van der Waals surface area (Å²) in [5.41, 5.74) is 1.00. The van der Waals surface area contributed by atoms with E-state index in [2.05, 4.69) is 15.3 Å². The highest BCUT2D eigenvalue weighted by atomic mass is 32.2. The fourth-order valence-corrected chi connectivity index (χ4v) is 5.27. The van der Waals surface area contributed by atoms with E-state index in [4.69, 9.17) is 0 Å². The highest BCUT2D eigenvalue weighted by molar-refractivity contribution is 7.91. The number of sulfone groups is 1. The summed E-state index contributed by atoms with van der Waals surface area (Å²) in [6.45, 7) is 0. The zero-order chi connectivity index (χ0) is 22.5. The van der Waals surface area contributed by atoms with Crippen LogP contribution in [0.25, 0.3) is 26.9 Å². The van der Waals surface area contributed by atoms with Crippen molar-refractivity contribution in [3.8, 4) is 39.2 Å². The van der Waals surface area contributed by atoms with Gasteiger partial charge < -0.3 is 15.3 Å². The molecule has 0 saturated heterocycles. The van der Waals surface area contributed by atoms with Gasteiger partial charge in [0.2, 0.25) is 14.8 Å². The molecule has 9 nitrogen and oxygen atoms in total. The number of phenolic OH excluding ortho intramolecular Hbond substituents is 3. The topological polar surface area (TPSA) is 138 Å². The number of rotatable bonds is 4. The van der Waals surface area contributed by atoms with Gasteiger partial charge in [0, 0.05) is 11.1 Å². The summed E-state index contributed by atoms with van der Waals surface area (Å²) in [5, 5.41) is 42.2. The van der Waals surface area contributed by atoms with Gasteiger partial charge in [-0.05, 0) is 48.5 Å². The third-order valence-electron chi connectivity index (χ3n) is 4.78. The van der Waals surface area contributed by atoms with Crippen LogP contribution in [0.1, 0.15) is 0 Å². The van der Waals surface area contributed by atoms with Gasteiger partial charge in [0.25, 0.3) is 0 Å². The lowest BCUT2D eigenvalue weighted by molar-refractivity contribution is 0.368. The van der Waals surface area contributed by atoms with E-state index in [1.807, 2.05) is 0 Å². The molecule has 0 unspecified atom stereocenters. The molecule has 0 amide bonds. The van der Waals surface area contributed by atoms with Crippen LogP contribution in [0, 0.1) is 0 Å². The first-order valence-corrected chi connectivity index (χ1v) is 11.5. The lowest BCUT2D eigenvalue weighted by Gasteiger charge is -2.05. The molecule has 0 aliphatic carbocycles. The molecule has 0 atom stereocenters. The molecule has 0 bridgehead atoms. The molecule has 3 N–H and O–H groups in total. The van der Waals surface area contributed by atoms with E-state index >= 15 is 0 Å². The van der Waals surface area contributed by atoms with E-state index in [0.29, 0.717) is 26.9 Å². The number of hydrogen-bond acceptors (Lipinski definition) is 9. The minimum Gasteiger partial charge on any atom is -0.504 e. The normalized spacial score (nSPS) is 11.8. The number of hydrogen-bond donors (Lipinski definition) is 3. The van der Waals surface area contributed by atoms with Gasteiger partial charge in [-0.25, -0.2) is 8.42 Å². The first-order valence-electron chi connectivity index (χ1n) is 9.23. The van der Waals surface area contributed by atoms with Crippen LogP contribution in [0.5, 0.6) is 17.2 Å².